The minimum atomic E-state index is -0.646. The van der Waals surface area contributed by atoms with Crippen LogP contribution >= 0.6 is 23.2 Å². The third kappa shape index (κ3) is 5.15. The molecule has 1 atom stereocenters. The predicted octanol–water partition coefficient (Wildman–Crippen LogP) is 4.08. The Hall–Kier alpha value is -2.24. The average Bonchev–Trinajstić information content (AvgIpc) is 2.71. The SMILES string of the molecule is CC(ON=Cc1ccc(Cl)c(Cl)c1)C(=O)N1CCN(c2ccccc2)CC1. The Kier molecular flexibility index (Phi) is 6.58. The molecule has 5 nitrogen and oxygen atoms in total. The molecule has 0 saturated carbocycles. The van der Waals surface area contributed by atoms with Crippen molar-refractivity contribution in [3.8, 4) is 0 Å². The van der Waals surface area contributed by atoms with E-state index in [2.05, 4.69) is 22.2 Å². The maximum absolute atomic E-state index is 12.6. The first-order valence-electron chi connectivity index (χ1n) is 8.77. The van der Waals surface area contributed by atoms with E-state index >= 15 is 0 Å². The highest BCUT2D eigenvalue weighted by atomic mass is 35.5. The van der Waals surface area contributed by atoms with E-state index in [0.717, 1.165) is 18.7 Å². The average molecular weight is 406 g/mol. The van der Waals surface area contributed by atoms with Gasteiger partial charge in [-0.25, -0.2) is 0 Å². The van der Waals surface area contributed by atoms with Gasteiger partial charge in [0.15, 0.2) is 0 Å². The molecule has 1 heterocycles. The van der Waals surface area contributed by atoms with Crippen LogP contribution in [0.3, 0.4) is 0 Å². The van der Waals surface area contributed by atoms with Gasteiger partial charge in [0.1, 0.15) is 0 Å². The minimum absolute atomic E-state index is 0.0611. The fraction of sp³-hybridized carbons (Fsp3) is 0.300. The number of hydrogen-bond acceptors (Lipinski definition) is 4. The van der Waals surface area contributed by atoms with E-state index < -0.39 is 6.10 Å². The van der Waals surface area contributed by atoms with Crippen LogP contribution in [0, 0.1) is 0 Å². The Morgan fingerprint density at radius 1 is 1.07 bits per heavy atom. The van der Waals surface area contributed by atoms with Crippen molar-refractivity contribution in [3.63, 3.8) is 0 Å². The zero-order valence-electron chi connectivity index (χ0n) is 15.0. The van der Waals surface area contributed by atoms with Crippen LogP contribution in [-0.4, -0.2) is 49.3 Å². The second-order valence-corrected chi connectivity index (χ2v) is 7.12. The number of carbonyl (C=O) groups excluding carboxylic acids is 1. The molecule has 1 amide bonds. The van der Waals surface area contributed by atoms with Crippen molar-refractivity contribution in [3.05, 3.63) is 64.1 Å². The highest BCUT2D eigenvalue weighted by Crippen LogP contribution is 2.22. The molecule has 1 unspecified atom stereocenters. The molecular formula is C20H21Cl2N3O2. The van der Waals surface area contributed by atoms with Gasteiger partial charge in [0.2, 0.25) is 6.10 Å². The number of benzene rings is 2. The van der Waals surface area contributed by atoms with Gasteiger partial charge in [0, 0.05) is 31.9 Å². The van der Waals surface area contributed by atoms with E-state index in [-0.39, 0.29) is 5.91 Å². The predicted molar refractivity (Wildman–Crippen MR) is 110 cm³/mol. The summed E-state index contributed by atoms with van der Waals surface area (Å²) in [5.74, 6) is -0.0611. The number of amides is 1. The summed E-state index contributed by atoms with van der Waals surface area (Å²) >= 11 is 11.8. The topological polar surface area (TPSA) is 45.1 Å². The summed E-state index contributed by atoms with van der Waals surface area (Å²) in [4.78, 5) is 22.0. The Bertz CT molecular complexity index is 806. The Balaban J connectivity index is 1.49. The quantitative estimate of drug-likeness (QED) is 0.555. The number of piperazine rings is 1. The van der Waals surface area contributed by atoms with Crippen LogP contribution < -0.4 is 4.90 Å². The molecular weight excluding hydrogens is 385 g/mol. The van der Waals surface area contributed by atoms with E-state index in [1.165, 1.54) is 11.9 Å². The van der Waals surface area contributed by atoms with Crippen molar-refractivity contribution < 1.29 is 9.63 Å². The van der Waals surface area contributed by atoms with Gasteiger partial charge in [0.25, 0.3) is 5.91 Å². The number of anilines is 1. The Labute approximate surface area is 169 Å². The number of halogens is 2. The smallest absolute Gasteiger partial charge is 0.266 e. The van der Waals surface area contributed by atoms with Crippen molar-refractivity contribution in [1.82, 2.24) is 4.90 Å². The molecule has 27 heavy (non-hydrogen) atoms. The van der Waals surface area contributed by atoms with Gasteiger partial charge < -0.3 is 14.6 Å². The van der Waals surface area contributed by atoms with Gasteiger partial charge >= 0.3 is 0 Å². The largest absolute Gasteiger partial charge is 0.383 e. The molecule has 2 aromatic carbocycles. The van der Waals surface area contributed by atoms with Crippen molar-refractivity contribution >= 4 is 41.0 Å². The van der Waals surface area contributed by atoms with E-state index in [1.807, 2.05) is 23.1 Å². The van der Waals surface area contributed by atoms with Crippen molar-refractivity contribution in [1.29, 1.82) is 0 Å². The first kappa shape index (κ1) is 19.5. The molecule has 1 aliphatic heterocycles. The molecule has 3 rings (SSSR count). The lowest BCUT2D eigenvalue weighted by molar-refractivity contribution is -0.142. The van der Waals surface area contributed by atoms with E-state index in [4.69, 9.17) is 28.0 Å². The third-order valence-corrected chi connectivity index (χ3v) is 5.16. The van der Waals surface area contributed by atoms with Gasteiger partial charge in [-0.2, -0.15) is 0 Å². The fourth-order valence-corrected chi connectivity index (χ4v) is 3.21. The standard InChI is InChI=1S/C20H21Cl2N3O2/c1-15(27-23-14-16-7-8-18(21)19(22)13-16)20(26)25-11-9-24(10-12-25)17-5-3-2-4-6-17/h2-8,13-15H,9-12H2,1H3. The lowest BCUT2D eigenvalue weighted by Crippen LogP contribution is -2.51. The monoisotopic (exact) mass is 405 g/mol. The zero-order valence-corrected chi connectivity index (χ0v) is 16.5. The van der Waals surface area contributed by atoms with Crippen molar-refractivity contribution in [2.45, 2.75) is 13.0 Å². The van der Waals surface area contributed by atoms with Crippen LogP contribution in [0.25, 0.3) is 0 Å². The lowest BCUT2D eigenvalue weighted by atomic mass is 10.2. The van der Waals surface area contributed by atoms with Gasteiger partial charge in [-0.1, -0.05) is 52.6 Å². The molecule has 142 valence electrons. The summed E-state index contributed by atoms with van der Waals surface area (Å²) in [6, 6.07) is 15.4. The summed E-state index contributed by atoms with van der Waals surface area (Å²) in [6.07, 6.45) is 0.867. The maximum atomic E-state index is 12.6. The number of carbonyl (C=O) groups is 1. The molecule has 0 bridgehead atoms. The molecule has 0 spiro atoms. The molecule has 1 saturated heterocycles. The molecule has 7 heteroatoms. The fourth-order valence-electron chi connectivity index (χ4n) is 2.90. The van der Waals surface area contributed by atoms with Crippen LogP contribution in [0.2, 0.25) is 10.0 Å². The normalized spacial score (nSPS) is 15.8. The van der Waals surface area contributed by atoms with E-state index in [0.29, 0.717) is 23.1 Å². The minimum Gasteiger partial charge on any atom is -0.383 e. The molecule has 0 aromatic heterocycles. The first-order chi connectivity index (χ1) is 13.0. The second-order valence-electron chi connectivity index (χ2n) is 6.30. The number of hydrogen-bond donors (Lipinski definition) is 0. The number of oxime groups is 1. The van der Waals surface area contributed by atoms with Crippen LogP contribution in [0.4, 0.5) is 5.69 Å². The highest BCUT2D eigenvalue weighted by molar-refractivity contribution is 6.42. The number of nitrogens with zero attached hydrogens (tertiary/aromatic N) is 3. The summed E-state index contributed by atoms with van der Waals surface area (Å²) in [6.45, 7) is 4.64. The molecule has 0 radical (unpaired) electrons. The maximum Gasteiger partial charge on any atom is 0.266 e. The van der Waals surface area contributed by atoms with Crippen molar-refractivity contribution in [2.75, 3.05) is 31.1 Å². The Morgan fingerprint density at radius 3 is 2.44 bits per heavy atom. The van der Waals surface area contributed by atoms with Gasteiger partial charge in [-0.05, 0) is 36.8 Å². The molecule has 2 aromatic rings. The summed E-state index contributed by atoms with van der Waals surface area (Å²) in [5.41, 5.74) is 1.93. The summed E-state index contributed by atoms with van der Waals surface area (Å²) < 4.78 is 0. The molecule has 0 aliphatic carbocycles. The summed E-state index contributed by atoms with van der Waals surface area (Å²) in [7, 11) is 0. The van der Waals surface area contributed by atoms with Gasteiger partial charge in [-0.3, -0.25) is 4.79 Å². The highest BCUT2D eigenvalue weighted by Gasteiger charge is 2.26. The van der Waals surface area contributed by atoms with Crippen LogP contribution in [0.15, 0.2) is 53.7 Å². The van der Waals surface area contributed by atoms with Crippen LogP contribution in [-0.2, 0) is 9.63 Å². The molecule has 1 aliphatic rings. The Morgan fingerprint density at radius 2 is 1.78 bits per heavy atom. The van der Waals surface area contributed by atoms with Crippen LogP contribution in [0.5, 0.6) is 0 Å². The summed E-state index contributed by atoms with van der Waals surface area (Å²) in [5, 5.41) is 4.83. The third-order valence-electron chi connectivity index (χ3n) is 4.42. The van der Waals surface area contributed by atoms with Gasteiger partial charge in [0.05, 0.1) is 16.3 Å². The van der Waals surface area contributed by atoms with Crippen molar-refractivity contribution in [2.24, 2.45) is 5.16 Å². The second kappa shape index (κ2) is 9.11. The van der Waals surface area contributed by atoms with E-state index in [9.17, 15) is 4.79 Å². The molecule has 1 fully saturated rings. The number of para-hydroxylation sites is 1. The first-order valence-corrected chi connectivity index (χ1v) is 9.53. The van der Waals surface area contributed by atoms with E-state index in [1.54, 1.807) is 25.1 Å². The zero-order chi connectivity index (χ0) is 19.2. The molecule has 0 N–H and O–H groups in total. The lowest BCUT2D eigenvalue weighted by Gasteiger charge is -2.36. The number of rotatable bonds is 5. The van der Waals surface area contributed by atoms with Crippen LogP contribution in [0.1, 0.15) is 12.5 Å². The van der Waals surface area contributed by atoms with Gasteiger partial charge in [-0.15, -0.1) is 0 Å².